The van der Waals surface area contributed by atoms with E-state index in [1.54, 1.807) is 6.07 Å². The number of aromatic hydroxyl groups is 1. The molecule has 0 saturated carbocycles. The summed E-state index contributed by atoms with van der Waals surface area (Å²) in [6.45, 7) is 0. The maximum absolute atomic E-state index is 11.0. The average Bonchev–Trinajstić information content (AvgIpc) is 4.03. The van der Waals surface area contributed by atoms with Crippen molar-refractivity contribution in [2.45, 2.75) is 0 Å². The molecule has 6 aromatic heterocycles. The van der Waals surface area contributed by atoms with E-state index in [9.17, 15) is 5.11 Å². The Hall–Kier alpha value is -7.47. The van der Waals surface area contributed by atoms with Gasteiger partial charge in [0.15, 0.2) is 0 Å². The number of nitrogens with zero attached hydrogens (tertiary/aromatic N) is 4. The smallest absolute Gasteiger partial charge is 0.137 e. The Morgan fingerprint density at radius 3 is 1.53 bits per heavy atom. The number of para-hydroxylation sites is 3. The van der Waals surface area contributed by atoms with Gasteiger partial charge in [0.1, 0.15) is 28.1 Å². The minimum Gasteiger partial charge on any atom is -0.507 e. The zero-order valence-corrected chi connectivity index (χ0v) is 33.8. The van der Waals surface area contributed by atoms with Gasteiger partial charge in [0.25, 0.3) is 0 Å². The number of phenols is 1. The van der Waals surface area contributed by atoms with Crippen LogP contribution in [0.1, 0.15) is 0 Å². The summed E-state index contributed by atoms with van der Waals surface area (Å²) in [7, 11) is 0. The molecule has 286 valence electrons. The zero-order chi connectivity index (χ0) is 38.8. The molecule has 60 heavy (non-hydrogen) atoms. The van der Waals surface area contributed by atoms with Crippen molar-refractivity contribution < 1.29 is 35.0 Å². The number of hydrogen-bond acceptors (Lipinski definition) is 5. The summed E-state index contributed by atoms with van der Waals surface area (Å²) in [5, 5.41) is 17.2. The molecular weight excluding hydrogens is 924 g/mol. The summed E-state index contributed by atoms with van der Waals surface area (Å²) >= 11 is 0. The normalized spacial score (nSPS) is 11.9. The Morgan fingerprint density at radius 1 is 0.450 bits per heavy atom. The maximum Gasteiger partial charge on any atom is 0.137 e. The van der Waals surface area contributed by atoms with Crippen LogP contribution >= 0.6 is 0 Å². The molecule has 7 nitrogen and oxygen atoms in total. The first-order valence-electron chi connectivity index (χ1n) is 19.5. The fraction of sp³-hybridized carbons (Fsp3) is 0. The van der Waals surface area contributed by atoms with Gasteiger partial charge in [-0.15, -0.1) is 35.9 Å². The second-order valence-corrected chi connectivity index (χ2v) is 15.0. The summed E-state index contributed by atoms with van der Waals surface area (Å²) in [5.41, 5.74) is 13.7. The number of aromatic nitrogens is 4. The van der Waals surface area contributed by atoms with Crippen molar-refractivity contribution in [3.63, 3.8) is 0 Å². The molecule has 7 aromatic carbocycles. The van der Waals surface area contributed by atoms with Gasteiger partial charge in [-0.2, -0.15) is 0 Å². The Morgan fingerprint density at radius 2 is 0.950 bits per heavy atom. The molecule has 0 aliphatic heterocycles. The molecule has 0 fully saturated rings. The molecule has 0 aliphatic carbocycles. The van der Waals surface area contributed by atoms with E-state index in [-0.39, 0.29) is 26.8 Å². The molecule has 8 heteroatoms. The average molecular weight is 953 g/mol. The van der Waals surface area contributed by atoms with E-state index in [1.807, 2.05) is 84.9 Å². The number of hydrogen-bond donors (Lipinski definition) is 1. The van der Waals surface area contributed by atoms with E-state index in [1.165, 1.54) is 0 Å². The van der Waals surface area contributed by atoms with Crippen LogP contribution in [-0.4, -0.2) is 24.2 Å². The first-order chi connectivity index (χ1) is 29.2. The molecule has 6 heterocycles. The van der Waals surface area contributed by atoms with Crippen molar-refractivity contribution in [1.29, 1.82) is 0 Å². The SMILES string of the molecule is Oc1ccccc1-c1ccc2c(n1)c1c3c4nc(-c5[c-]cccc5)ccc4n(-c4ccc5c(c4)oc4ccccc45)c3ccc1n2-c1ccc2c(c1)oc1ccccc12.[Pt]. The largest absolute Gasteiger partial charge is 0.507 e. The molecular formula is C52H29N4O3Pt-. The predicted octanol–water partition coefficient (Wildman–Crippen LogP) is 13.3. The molecule has 0 atom stereocenters. The second-order valence-electron chi connectivity index (χ2n) is 15.0. The van der Waals surface area contributed by atoms with Crippen LogP contribution in [0.2, 0.25) is 0 Å². The Kier molecular flexibility index (Phi) is 7.50. The van der Waals surface area contributed by atoms with Crippen molar-refractivity contribution >= 4 is 87.7 Å². The van der Waals surface area contributed by atoms with Gasteiger partial charge >= 0.3 is 0 Å². The van der Waals surface area contributed by atoms with Gasteiger partial charge in [-0.3, -0.25) is 4.98 Å². The van der Waals surface area contributed by atoms with Crippen LogP contribution in [0.3, 0.4) is 0 Å². The van der Waals surface area contributed by atoms with Gasteiger partial charge in [-0.05, 0) is 84.6 Å². The van der Waals surface area contributed by atoms with Crippen molar-refractivity contribution in [2.24, 2.45) is 0 Å². The topological polar surface area (TPSA) is 82.2 Å². The molecule has 0 aliphatic rings. The third kappa shape index (κ3) is 4.93. The molecule has 0 bridgehead atoms. The van der Waals surface area contributed by atoms with E-state index in [0.29, 0.717) is 11.3 Å². The van der Waals surface area contributed by atoms with Gasteiger partial charge in [0.2, 0.25) is 0 Å². The summed E-state index contributed by atoms with van der Waals surface area (Å²) in [6, 6.07) is 60.5. The van der Waals surface area contributed by atoms with Gasteiger partial charge in [0.05, 0.1) is 38.8 Å². The van der Waals surface area contributed by atoms with Crippen LogP contribution in [0.15, 0.2) is 179 Å². The first-order valence-corrected chi connectivity index (χ1v) is 19.5. The third-order valence-electron chi connectivity index (χ3n) is 11.8. The van der Waals surface area contributed by atoms with E-state index in [0.717, 1.165) is 110 Å². The fourth-order valence-corrected chi connectivity index (χ4v) is 9.13. The molecule has 13 rings (SSSR count). The Balaban J connectivity index is 0.00000388. The number of fused-ring (bicyclic) bond motifs is 13. The van der Waals surface area contributed by atoms with Crippen molar-refractivity contribution in [1.82, 2.24) is 19.1 Å². The van der Waals surface area contributed by atoms with Crippen molar-refractivity contribution in [3.8, 4) is 39.6 Å². The molecule has 0 amide bonds. The molecule has 0 radical (unpaired) electrons. The van der Waals surface area contributed by atoms with E-state index < -0.39 is 0 Å². The van der Waals surface area contributed by atoms with E-state index in [4.69, 9.17) is 18.8 Å². The van der Waals surface area contributed by atoms with E-state index in [2.05, 4.69) is 94.1 Å². The Labute approximate surface area is 355 Å². The first kappa shape index (κ1) is 34.6. The fourth-order valence-electron chi connectivity index (χ4n) is 9.13. The minimum atomic E-state index is 0. The number of furan rings is 2. The van der Waals surface area contributed by atoms with Crippen LogP contribution in [-0.2, 0) is 21.1 Å². The van der Waals surface area contributed by atoms with Crippen LogP contribution in [0, 0.1) is 6.07 Å². The standard InChI is InChI=1S/C52H29N4O3.Pt/c57-44-15-7-4-14-37(44)39-23-25-43-52(54-39)50-41(56(43)32-19-21-36-34-13-6-9-17-46(34)59-48(36)29-32)27-26-40-49(50)51-42(24-22-38(53-51)30-10-2-1-3-11-30)55(40)31-18-20-35-33-12-5-8-16-45(33)58-47(35)28-31;/h1-10,12-29,57H;/q-1;. The Bertz CT molecular complexity index is 3880. The van der Waals surface area contributed by atoms with Gasteiger partial charge in [-0.1, -0.05) is 54.6 Å². The monoisotopic (exact) mass is 952 g/mol. The van der Waals surface area contributed by atoms with Crippen molar-refractivity contribution in [3.05, 3.63) is 176 Å². The molecule has 0 saturated heterocycles. The van der Waals surface area contributed by atoms with E-state index >= 15 is 0 Å². The summed E-state index contributed by atoms with van der Waals surface area (Å²) in [5.74, 6) is 0.173. The van der Waals surface area contributed by atoms with Crippen LogP contribution in [0.25, 0.3) is 122 Å². The van der Waals surface area contributed by atoms with Crippen LogP contribution in [0.4, 0.5) is 0 Å². The van der Waals surface area contributed by atoms with Crippen LogP contribution in [0.5, 0.6) is 5.75 Å². The zero-order valence-electron chi connectivity index (χ0n) is 31.5. The van der Waals surface area contributed by atoms with Gasteiger partial charge < -0.3 is 23.1 Å². The van der Waals surface area contributed by atoms with Gasteiger partial charge in [-0.25, -0.2) is 4.98 Å². The number of benzene rings is 7. The van der Waals surface area contributed by atoms with Gasteiger partial charge in [0, 0.05) is 82.5 Å². The number of phenolic OH excluding ortho intramolecular Hbond substituents is 1. The number of pyridine rings is 2. The van der Waals surface area contributed by atoms with Crippen molar-refractivity contribution in [2.75, 3.05) is 0 Å². The summed E-state index contributed by atoms with van der Waals surface area (Å²) in [6.07, 6.45) is 0. The second kappa shape index (κ2) is 13.0. The predicted molar refractivity (Wildman–Crippen MR) is 237 cm³/mol. The minimum absolute atomic E-state index is 0. The molecule has 13 aromatic rings. The summed E-state index contributed by atoms with van der Waals surface area (Å²) < 4.78 is 17.4. The molecule has 0 unspecified atom stereocenters. The van der Waals surface area contributed by atoms with Crippen LogP contribution < -0.4 is 0 Å². The summed E-state index contributed by atoms with van der Waals surface area (Å²) in [4.78, 5) is 10.8. The molecule has 0 spiro atoms. The third-order valence-corrected chi connectivity index (χ3v) is 11.8. The number of rotatable bonds is 4. The maximum atomic E-state index is 11.0. The quantitative estimate of drug-likeness (QED) is 0.178. The molecule has 1 N–H and O–H groups in total.